The molecule has 0 heterocycles. The highest BCUT2D eigenvalue weighted by molar-refractivity contribution is 5.33. The van der Waals surface area contributed by atoms with Crippen molar-refractivity contribution < 1.29 is 80.4 Å². The van der Waals surface area contributed by atoms with Crippen LogP contribution in [0.5, 0.6) is 0 Å². The van der Waals surface area contributed by atoms with Gasteiger partial charge >= 0.3 is 47.2 Å². The average Bonchev–Trinajstić information content (AvgIpc) is 2.50. The standard InChI is InChI=1S/C8F16O2/c9-1(7(19,20)25-23)3(11,12)2(10,8(21,22)26-24)5(15,16)6(17,18)4(1,13)14. The molecule has 26 heavy (non-hydrogen) atoms. The van der Waals surface area contributed by atoms with E-state index in [0.717, 1.165) is 9.88 Å². The number of hydrogen-bond acceptors (Lipinski definition) is 2. The van der Waals surface area contributed by atoms with E-state index in [0.29, 0.717) is 0 Å². The van der Waals surface area contributed by atoms with E-state index in [-0.39, 0.29) is 0 Å². The minimum atomic E-state index is -8.36. The molecular weight excluding hydrogens is 432 g/mol. The molecule has 2 atom stereocenters. The second kappa shape index (κ2) is 5.20. The van der Waals surface area contributed by atoms with Crippen LogP contribution < -0.4 is 0 Å². The molecule has 0 aliphatic heterocycles. The Morgan fingerprint density at radius 1 is 0.423 bits per heavy atom. The van der Waals surface area contributed by atoms with Gasteiger partial charge in [-0.05, 0) is 9.05 Å². The zero-order valence-electron chi connectivity index (χ0n) is 10.9. The van der Waals surface area contributed by atoms with Gasteiger partial charge in [0.2, 0.25) is 0 Å². The van der Waals surface area contributed by atoms with Crippen LogP contribution in [0.25, 0.3) is 0 Å². The van der Waals surface area contributed by atoms with Crippen LogP contribution >= 0.6 is 0 Å². The van der Waals surface area contributed by atoms with Gasteiger partial charge in [0.25, 0.3) is 0 Å². The van der Waals surface area contributed by atoms with Crippen molar-refractivity contribution in [1.82, 2.24) is 0 Å². The fourth-order valence-electron chi connectivity index (χ4n) is 2.10. The van der Waals surface area contributed by atoms with E-state index in [1.807, 2.05) is 0 Å². The molecule has 0 spiro atoms. The summed E-state index contributed by atoms with van der Waals surface area (Å²) in [5.74, 6) is -32.8. The van der Waals surface area contributed by atoms with Gasteiger partial charge in [0.05, 0.1) is 0 Å². The van der Waals surface area contributed by atoms with Crippen molar-refractivity contribution in [3.8, 4) is 0 Å². The summed E-state index contributed by atoms with van der Waals surface area (Å²) in [5, 5.41) is 0. The van der Waals surface area contributed by atoms with E-state index in [1.165, 1.54) is 0 Å². The summed E-state index contributed by atoms with van der Waals surface area (Å²) in [5.41, 5.74) is -16.5. The minimum Gasteiger partial charge on any atom is -0.220 e. The van der Waals surface area contributed by atoms with E-state index in [2.05, 4.69) is 0 Å². The van der Waals surface area contributed by atoms with Crippen LogP contribution in [0.4, 0.5) is 70.5 Å². The van der Waals surface area contributed by atoms with Crippen molar-refractivity contribution in [2.45, 2.75) is 47.2 Å². The van der Waals surface area contributed by atoms with Gasteiger partial charge in [-0.3, -0.25) is 0 Å². The van der Waals surface area contributed by atoms with E-state index >= 15 is 0 Å². The molecule has 156 valence electrons. The SMILES string of the molecule is FOC(F)(F)C1(F)C(F)(F)C(F)(F)C(F)(F)C(F)(C(F)(F)OF)C1(F)F. The highest BCUT2D eigenvalue weighted by atomic mass is 19.4. The van der Waals surface area contributed by atoms with Gasteiger partial charge in [-0.2, -0.15) is 52.7 Å². The van der Waals surface area contributed by atoms with Crippen molar-refractivity contribution >= 4 is 0 Å². The monoisotopic (exact) mass is 432 g/mol. The second-order valence-corrected chi connectivity index (χ2v) is 4.80. The summed E-state index contributed by atoms with van der Waals surface area (Å²) in [4.78, 5) is 1.92. The van der Waals surface area contributed by atoms with Crippen LogP contribution in [0.3, 0.4) is 0 Å². The molecule has 0 bridgehead atoms. The summed E-state index contributed by atoms with van der Waals surface area (Å²) in [7, 11) is 0. The van der Waals surface area contributed by atoms with Crippen molar-refractivity contribution in [1.29, 1.82) is 0 Å². The number of alkyl halides is 14. The van der Waals surface area contributed by atoms with Gasteiger partial charge in [0.15, 0.2) is 0 Å². The quantitative estimate of drug-likeness (QED) is 0.586. The Labute approximate surface area is 129 Å². The Morgan fingerprint density at radius 2 is 0.654 bits per heavy atom. The zero-order valence-corrected chi connectivity index (χ0v) is 10.9. The third-order valence-corrected chi connectivity index (χ3v) is 3.52. The Bertz CT molecular complexity index is 527. The van der Waals surface area contributed by atoms with Crippen LogP contribution in [0.15, 0.2) is 0 Å². The maximum absolute atomic E-state index is 13.7. The van der Waals surface area contributed by atoms with Crippen LogP contribution in [0, 0.1) is 0 Å². The van der Waals surface area contributed by atoms with Gasteiger partial charge in [0, 0.05) is 0 Å². The average molecular weight is 432 g/mol. The molecule has 1 saturated carbocycles. The van der Waals surface area contributed by atoms with Crippen molar-refractivity contribution in [3.05, 3.63) is 0 Å². The predicted octanol–water partition coefficient (Wildman–Crippen LogP) is 4.95. The molecule has 0 aromatic carbocycles. The van der Waals surface area contributed by atoms with E-state index < -0.39 is 47.2 Å². The molecule has 1 aliphatic carbocycles. The van der Waals surface area contributed by atoms with Crippen molar-refractivity contribution in [2.75, 3.05) is 0 Å². The second-order valence-electron chi connectivity index (χ2n) is 4.80. The topological polar surface area (TPSA) is 18.5 Å². The van der Waals surface area contributed by atoms with Gasteiger partial charge in [-0.1, -0.05) is 0 Å². The molecule has 2 nitrogen and oxygen atoms in total. The Hall–Kier alpha value is -1.20. The Morgan fingerprint density at radius 3 is 0.846 bits per heavy atom. The molecule has 0 N–H and O–H groups in total. The summed E-state index contributed by atoms with van der Waals surface area (Å²) in [6, 6.07) is 0. The number of halogens is 16. The van der Waals surface area contributed by atoms with Crippen molar-refractivity contribution in [2.24, 2.45) is 0 Å². The molecular formula is C8F16O2. The van der Waals surface area contributed by atoms with Gasteiger partial charge in [-0.25, -0.2) is 8.78 Å². The molecule has 0 aromatic rings. The highest BCUT2D eigenvalue weighted by Gasteiger charge is 3.08. The molecule has 1 fully saturated rings. The van der Waals surface area contributed by atoms with E-state index in [4.69, 9.17) is 0 Å². The van der Waals surface area contributed by atoms with E-state index in [9.17, 15) is 70.5 Å². The van der Waals surface area contributed by atoms with Crippen LogP contribution in [-0.4, -0.2) is 47.2 Å². The highest BCUT2D eigenvalue weighted by Crippen LogP contribution is 2.74. The number of rotatable bonds is 4. The normalized spacial score (nSPS) is 36.0. The predicted molar refractivity (Wildman–Crippen MR) is 41.7 cm³/mol. The van der Waals surface area contributed by atoms with Gasteiger partial charge in [0.1, 0.15) is 0 Å². The van der Waals surface area contributed by atoms with Crippen LogP contribution in [0.1, 0.15) is 0 Å². The maximum atomic E-state index is 13.7. The molecule has 18 heteroatoms. The summed E-state index contributed by atoms with van der Waals surface area (Å²) in [6.07, 6.45) is -15.3. The minimum absolute atomic E-state index is 0.960. The first-order chi connectivity index (χ1) is 11.1. The molecule has 1 rings (SSSR count). The maximum Gasteiger partial charge on any atom is 0.431 e. The Balaban J connectivity index is 4.18. The fraction of sp³-hybridized carbons (Fsp3) is 1.00. The first-order valence-corrected chi connectivity index (χ1v) is 5.36. The van der Waals surface area contributed by atoms with Gasteiger partial charge in [-0.15, -0.1) is 9.88 Å². The molecule has 1 aliphatic rings. The smallest absolute Gasteiger partial charge is 0.220 e. The van der Waals surface area contributed by atoms with Crippen LogP contribution in [-0.2, 0) is 9.88 Å². The summed E-state index contributed by atoms with van der Waals surface area (Å²) >= 11 is 0. The lowest BCUT2D eigenvalue weighted by Gasteiger charge is -2.56. The van der Waals surface area contributed by atoms with E-state index in [1.54, 1.807) is 0 Å². The van der Waals surface area contributed by atoms with Crippen molar-refractivity contribution in [3.63, 3.8) is 0 Å². The largest absolute Gasteiger partial charge is 0.431 e. The zero-order chi connectivity index (χ0) is 21.4. The van der Waals surface area contributed by atoms with Gasteiger partial charge < -0.3 is 0 Å². The lowest BCUT2D eigenvalue weighted by molar-refractivity contribution is -0.562. The first kappa shape index (κ1) is 22.8. The molecule has 0 amide bonds. The molecule has 2 unspecified atom stereocenters. The lowest BCUT2D eigenvalue weighted by atomic mass is 9.65. The number of hydrogen-bond donors (Lipinski definition) is 0. The third-order valence-electron chi connectivity index (χ3n) is 3.52. The Kier molecular flexibility index (Phi) is 4.56. The summed E-state index contributed by atoms with van der Waals surface area (Å²) in [6.45, 7) is 0. The molecule has 0 radical (unpaired) electrons. The third kappa shape index (κ3) is 1.84. The van der Waals surface area contributed by atoms with Crippen LogP contribution in [0.2, 0.25) is 0 Å². The summed E-state index contributed by atoms with van der Waals surface area (Å²) < 4.78 is 208. The fourth-order valence-corrected chi connectivity index (χ4v) is 2.10. The molecule has 0 saturated heterocycles. The first-order valence-electron chi connectivity index (χ1n) is 5.36. The molecule has 0 aromatic heterocycles. The lowest BCUT2D eigenvalue weighted by Crippen LogP contribution is -2.91.